The van der Waals surface area contributed by atoms with Gasteiger partial charge >= 0.3 is 5.97 Å². The Labute approximate surface area is 145 Å². The van der Waals surface area contributed by atoms with E-state index < -0.39 is 0 Å². The molecule has 2 aromatic carbocycles. The summed E-state index contributed by atoms with van der Waals surface area (Å²) in [5.74, 6) is -0.00837. The van der Waals surface area contributed by atoms with Crippen molar-refractivity contribution in [3.05, 3.63) is 59.7 Å². The van der Waals surface area contributed by atoms with E-state index in [2.05, 4.69) is 81.6 Å². The van der Waals surface area contributed by atoms with Crippen LogP contribution in [0.4, 0.5) is 0 Å². The lowest BCUT2D eigenvalue weighted by Gasteiger charge is -2.14. The molecule has 2 aromatic rings. The first-order valence-electron chi connectivity index (χ1n) is 6.31. The van der Waals surface area contributed by atoms with E-state index in [0.717, 1.165) is 0 Å². The predicted octanol–water partition coefficient (Wildman–Crippen LogP) is 4.54. The van der Waals surface area contributed by atoms with E-state index in [-0.39, 0.29) is 13.8 Å². The maximum Gasteiger partial charge on any atom is 0.329 e. The molecule has 0 saturated heterocycles. The molecule has 0 bridgehead atoms. The quantitative estimate of drug-likeness (QED) is 0.359. The topological polar surface area (TPSA) is 26.3 Å². The second-order valence-electron chi connectivity index (χ2n) is 4.66. The van der Waals surface area contributed by atoms with Crippen LogP contribution in [0.15, 0.2) is 48.5 Å². The third kappa shape index (κ3) is 2.59. The lowest BCUT2D eigenvalue weighted by atomic mass is 9.98. The molecule has 0 aliphatic heterocycles. The van der Waals surface area contributed by atoms with Crippen LogP contribution < -0.4 is 0 Å². The van der Waals surface area contributed by atoms with E-state index in [1.54, 1.807) is 0 Å². The van der Waals surface area contributed by atoms with Crippen molar-refractivity contribution in [1.29, 1.82) is 0 Å². The zero-order valence-electron chi connectivity index (χ0n) is 10.6. The lowest BCUT2D eigenvalue weighted by Crippen LogP contribution is -2.16. The van der Waals surface area contributed by atoms with Crippen LogP contribution in [0, 0.1) is 0 Å². The maximum absolute atomic E-state index is 11.7. The second-order valence-corrected chi connectivity index (χ2v) is 9.53. The first-order chi connectivity index (χ1) is 9.68. The van der Waals surface area contributed by atoms with Gasteiger partial charge in [0.25, 0.3) is 0 Å². The number of alkyl halides is 2. The SMILES string of the molecule is O=C(OCC1c2ccccc2-c2ccccc21)C(I)I. The summed E-state index contributed by atoms with van der Waals surface area (Å²) in [6.07, 6.45) is 0. The third-order valence-corrected chi connectivity index (χ3v) is 4.55. The average molecular weight is 490 g/mol. The molecule has 0 N–H and O–H groups in total. The van der Waals surface area contributed by atoms with Gasteiger partial charge < -0.3 is 4.74 Å². The van der Waals surface area contributed by atoms with Crippen LogP contribution in [-0.2, 0) is 9.53 Å². The monoisotopic (exact) mass is 490 g/mol. The number of carbonyl (C=O) groups excluding carboxylic acids is 1. The summed E-state index contributed by atoms with van der Waals surface area (Å²) in [5, 5.41) is 0. The fourth-order valence-corrected chi connectivity index (χ4v) is 3.03. The highest BCUT2D eigenvalue weighted by Crippen LogP contribution is 2.44. The van der Waals surface area contributed by atoms with Gasteiger partial charge in [-0.05, 0) is 22.3 Å². The summed E-state index contributed by atoms with van der Waals surface area (Å²) in [7, 11) is 0. The number of rotatable bonds is 3. The van der Waals surface area contributed by atoms with Crippen molar-refractivity contribution in [2.45, 2.75) is 7.85 Å². The molecule has 2 nitrogen and oxygen atoms in total. The molecule has 0 atom stereocenters. The molecular weight excluding hydrogens is 478 g/mol. The second kappa shape index (κ2) is 6.01. The Morgan fingerprint density at radius 3 is 2.00 bits per heavy atom. The zero-order valence-corrected chi connectivity index (χ0v) is 14.9. The molecule has 3 rings (SSSR count). The molecule has 1 aliphatic carbocycles. The molecule has 0 radical (unpaired) electrons. The van der Waals surface area contributed by atoms with Crippen molar-refractivity contribution in [3.8, 4) is 11.1 Å². The van der Waals surface area contributed by atoms with Crippen LogP contribution in [0.3, 0.4) is 0 Å². The summed E-state index contributed by atoms with van der Waals surface area (Å²) in [4.78, 5) is 11.7. The van der Waals surface area contributed by atoms with Gasteiger partial charge in [-0.3, -0.25) is 4.79 Å². The Morgan fingerprint density at radius 2 is 1.50 bits per heavy atom. The minimum absolute atomic E-state index is 0.142. The maximum atomic E-state index is 11.7. The predicted molar refractivity (Wildman–Crippen MR) is 96.5 cm³/mol. The normalized spacial score (nSPS) is 13.2. The Bertz CT molecular complexity index is 607. The highest BCUT2D eigenvalue weighted by Gasteiger charge is 2.29. The molecule has 0 heterocycles. The minimum Gasteiger partial charge on any atom is -0.463 e. The molecule has 0 spiro atoms. The molecular formula is C16H12I2O2. The van der Waals surface area contributed by atoms with Gasteiger partial charge in [0.05, 0.1) is 0 Å². The van der Waals surface area contributed by atoms with E-state index in [1.807, 2.05) is 12.1 Å². The van der Waals surface area contributed by atoms with E-state index >= 15 is 0 Å². The van der Waals surface area contributed by atoms with Crippen LogP contribution in [0.5, 0.6) is 0 Å². The highest BCUT2D eigenvalue weighted by atomic mass is 127. The lowest BCUT2D eigenvalue weighted by molar-refractivity contribution is -0.140. The number of esters is 1. The minimum atomic E-state index is -0.159. The van der Waals surface area contributed by atoms with Crippen molar-refractivity contribution in [2.75, 3.05) is 6.61 Å². The van der Waals surface area contributed by atoms with E-state index in [1.165, 1.54) is 22.3 Å². The average Bonchev–Trinajstić information content (AvgIpc) is 2.79. The highest BCUT2D eigenvalue weighted by molar-refractivity contribution is 14.2. The number of benzene rings is 2. The van der Waals surface area contributed by atoms with Gasteiger partial charge in [0.15, 0.2) is 1.93 Å². The molecule has 0 saturated carbocycles. The Hall–Kier alpha value is -0.630. The largest absolute Gasteiger partial charge is 0.463 e. The first-order valence-corrected chi connectivity index (χ1v) is 8.80. The van der Waals surface area contributed by atoms with Gasteiger partial charge in [0.1, 0.15) is 6.61 Å². The molecule has 1 aliphatic rings. The zero-order chi connectivity index (χ0) is 14.1. The third-order valence-electron chi connectivity index (χ3n) is 3.53. The number of fused-ring (bicyclic) bond motifs is 3. The van der Waals surface area contributed by atoms with E-state index in [0.29, 0.717) is 6.61 Å². The summed E-state index contributed by atoms with van der Waals surface area (Å²) >= 11 is 4.13. The fourth-order valence-electron chi connectivity index (χ4n) is 2.67. The number of hydrogen-bond donors (Lipinski definition) is 0. The smallest absolute Gasteiger partial charge is 0.329 e. The van der Waals surface area contributed by atoms with E-state index in [4.69, 9.17) is 4.74 Å². The Balaban J connectivity index is 1.93. The van der Waals surface area contributed by atoms with Gasteiger partial charge in [0.2, 0.25) is 0 Å². The summed E-state index contributed by atoms with van der Waals surface area (Å²) in [6, 6.07) is 16.7. The van der Waals surface area contributed by atoms with Crippen molar-refractivity contribution in [3.63, 3.8) is 0 Å². The van der Waals surface area contributed by atoms with Crippen LogP contribution >= 0.6 is 45.2 Å². The molecule has 0 aromatic heterocycles. The van der Waals surface area contributed by atoms with Crippen LogP contribution in [0.1, 0.15) is 17.0 Å². The molecule has 20 heavy (non-hydrogen) atoms. The summed E-state index contributed by atoms with van der Waals surface area (Å²) in [6.45, 7) is 0.412. The summed E-state index contributed by atoms with van der Waals surface area (Å²) < 4.78 is 5.31. The molecule has 0 fully saturated rings. The van der Waals surface area contributed by atoms with Crippen LogP contribution in [0.2, 0.25) is 0 Å². The van der Waals surface area contributed by atoms with Gasteiger partial charge in [-0.2, -0.15) is 0 Å². The van der Waals surface area contributed by atoms with Gasteiger partial charge in [-0.1, -0.05) is 93.7 Å². The molecule has 0 unspecified atom stereocenters. The number of carbonyl (C=O) groups is 1. The summed E-state index contributed by atoms with van der Waals surface area (Å²) in [5.41, 5.74) is 5.01. The van der Waals surface area contributed by atoms with E-state index in [9.17, 15) is 4.79 Å². The van der Waals surface area contributed by atoms with Gasteiger partial charge in [-0.25, -0.2) is 0 Å². The van der Waals surface area contributed by atoms with Crippen molar-refractivity contribution >= 4 is 51.2 Å². The molecule has 4 heteroatoms. The van der Waals surface area contributed by atoms with Crippen LogP contribution in [-0.4, -0.2) is 14.5 Å². The molecule has 0 amide bonds. The Morgan fingerprint density at radius 1 is 1.00 bits per heavy atom. The number of ether oxygens (including phenoxy) is 1. The number of halogens is 2. The Kier molecular flexibility index (Phi) is 4.30. The number of hydrogen-bond acceptors (Lipinski definition) is 2. The molecule has 102 valence electrons. The van der Waals surface area contributed by atoms with Crippen molar-refractivity contribution < 1.29 is 9.53 Å². The van der Waals surface area contributed by atoms with Gasteiger partial charge in [-0.15, -0.1) is 0 Å². The standard InChI is InChI=1S/C16H12I2O2/c17-15(18)16(19)20-9-14-12-7-3-1-5-10(12)11-6-2-4-8-13(11)14/h1-8,14-15H,9H2. The first kappa shape index (κ1) is 14.3. The van der Waals surface area contributed by atoms with Gasteiger partial charge in [0, 0.05) is 5.92 Å². The fraction of sp³-hybridized carbons (Fsp3) is 0.188. The van der Waals surface area contributed by atoms with Crippen molar-refractivity contribution in [1.82, 2.24) is 0 Å². The van der Waals surface area contributed by atoms with Crippen molar-refractivity contribution in [2.24, 2.45) is 0 Å². The van der Waals surface area contributed by atoms with Crippen LogP contribution in [0.25, 0.3) is 11.1 Å².